The van der Waals surface area contributed by atoms with Crippen molar-refractivity contribution in [3.8, 4) is 0 Å². The van der Waals surface area contributed by atoms with Gasteiger partial charge in [0.1, 0.15) is 0 Å². The van der Waals surface area contributed by atoms with Gasteiger partial charge in [-0.1, -0.05) is 11.6 Å². The lowest BCUT2D eigenvalue weighted by Gasteiger charge is -2.19. The molecule has 0 saturated carbocycles. The van der Waals surface area contributed by atoms with E-state index in [0.717, 1.165) is 19.3 Å². The summed E-state index contributed by atoms with van der Waals surface area (Å²) in [5.41, 5.74) is 1.23. The van der Waals surface area contributed by atoms with E-state index >= 15 is 0 Å². The Morgan fingerprint density at radius 1 is 1.73 bits per heavy atom. The molecule has 2 heteroatoms. The largest absolute Gasteiger partial charge is 0.359 e. The molecule has 1 unspecified atom stereocenters. The monoisotopic (exact) mass is 153 g/mol. The average molecular weight is 153 g/mol. The molecule has 0 aliphatic heterocycles. The summed E-state index contributed by atoms with van der Waals surface area (Å²) >= 11 is 0. The zero-order valence-corrected chi connectivity index (χ0v) is 7.18. The van der Waals surface area contributed by atoms with E-state index in [0.29, 0.717) is 0 Å². The van der Waals surface area contributed by atoms with Crippen LogP contribution in [0, 0.1) is 5.92 Å². The summed E-state index contributed by atoms with van der Waals surface area (Å²) in [6.07, 6.45) is 5.47. The first-order valence-electron chi connectivity index (χ1n) is 4.14. The fourth-order valence-corrected chi connectivity index (χ4v) is 1.53. The van der Waals surface area contributed by atoms with Crippen LogP contribution in [-0.2, 0) is 4.79 Å². The topological polar surface area (TPSA) is 29.1 Å². The normalized spacial score (nSPS) is 24.2. The lowest BCUT2D eigenvalue weighted by molar-refractivity contribution is -0.123. The highest BCUT2D eigenvalue weighted by Gasteiger charge is 2.20. The smallest absolute Gasteiger partial charge is 0.226 e. The molecule has 0 aromatic heterocycles. The second-order valence-electron chi connectivity index (χ2n) is 3.05. The van der Waals surface area contributed by atoms with Gasteiger partial charge in [-0.2, -0.15) is 0 Å². The van der Waals surface area contributed by atoms with Crippen molar-refractivity contribution >= 4 is 5.91 Å². The van der Waals surface area contributed by atoms with Crippen molar-refractivity contribution in [2.75, 3.05) is 7.05 Å². The minimum atomic E-state index is 0.147. The fraction of sp³-hybridized carbons (Fsp3) is 0.667. The van der Waals surface area contributed by atoms with Crippen LogP contribution in [0.3, 0.4) is 0 Å². The summed E-state index contributed by atoms with van der Waals surface area (Å²) in [5, 5.41) is 2.69. The highest BCUT2D eigenvalue weighted by Crippen LogP contribution is 2.23. The minimum absolute atomic E-state index is 0.147. The van der Waals surface area contributed by atoms with Crippen molar-refractivity contribution in [3.63, 3.8) is 0 Å². The quantitative estimate of drug-likeness (QED) is 0.568. The average Bonchev–Trinajstić information content (AvgIpc) is 2.04. The van der Waals surface area contributed by atoms with Crippen LogP contribution in [0.2, 0.25) is 0 Å². The van der Waals surface area contributed by atoms with Crippen molar-refractivity contribution < 1.29 is 4.79 Å². The fourth-order valence-electron chi connectivity index (χ4n) is 1.53. The molecule has 0 heterocycles. The summed E-state index contributed by atoms with van der Waals surface area (Å²) in [7, 11) is 1.70. The van der Waals surface area contributed by atoms with Gasteiger partial charge in [0, 0.05) is 7.05 Å². The molecule has 1 aliphatic carbocycles. The number of rotatable bonds is 1. The molecule has 0 saturated heterocycles. The Morgan fingerprint density at radius 2 is 2.45 bits per heavy atom. The third kappa shape index (κ3) is 1.82. The Bertz CT molecular complexity index is 184. The summed E-state index contributed by atoms with van der Waals surface area (Å²) in [6.45, 7) is 2.04. The van der Waals surface area contributed by atoms with Gasteiger partial charge >= 0.3 is 0 Å². The van der Waals surface area contributed by atoms with E-state index in [4.69, 9.17) is 0 Å². The third-order valence-corrected chi connectivity index (χ3v) is 2.28. The van der Waals surface area contributed by atoms with E-state index in [1.54, 1.807) is 7.05 Å². The van der Waals surface area contributed by atoms with Gasteiger partial charge in [0.05, 0.1) is 5.92 Å². The number of carbonyl (C=O) groups excluding carboxylic acids is 1. The van der Waals surface area contributed by atoms with Gasteiger partial charge in [-0.25, -0.2) is 0 Å². The first-order valence-corrected chi connectivity index (χ1v) is 4.14. The molecular formula is C9H15NO. The maximum absolute atomic E-state index is 11.2. The molecule has 2 nitrogen and oxygen atoms in total. The Hall–Kier alpha value is -0.790. The highest BCUT2D eigenvalue weighted by molar-refractivity contribution is 5.81. The minimum Gasteiger partial charge on any atom is -0.359 e. The van der Waals surface area contributed by atoms with Gasteiger partial charge in [-0.3, -0.25) is 4.79 Å². The van der Waals surface area contributed by atoms with E-state index in [2.05, 4.69) is 11.4 Å². The van der Waals surface area contributed by atoms with E-state index in [9.17, 15) is 4.79 Å². The number of hydrogen-bond donors (Lipinski definition) is 1. The van der Waals surface area contributed by atoms with Crippen molar-refractivity contribution in [2.24, 2.45) is 5.92 Å². The Labute approximate surface area is 67.7 Å². The van der Waals surface area contributed by atoms with Gasteiger partial charge in [-0.05, 0) is 26.2 Å². The molecule has 0 spiro atoms. The predicted molar refractivity (Wildman–Crippen MR) is 45.2 cm³/mol. The van der Waals surface area contributed by atoms with E-state index in [1.807, 2.05) is 6.92 Å². The number of allylic oxidation sites excluding steroid dienone is 1. The molecule has 62 valence electrons. The molecule has 1 amide bonds. The summed E-state index contributed by atoms with van der Waals surface area (Å²) in [6, 6.07) is 0. The van der Waals surface area contributed by atoms with Crippen LogP contribution < -0.4 is 5.32 Å². The van der Waals surface area contributed by atoms with Crippen LogP contribution in [-0.4, -0.2) is 13.0 Å². The zero-order chi connectivity index (χ0) is 8.27. The Balaban J connectivity index is 2.63. The van der Waals surface area contributed by atoms with E-state index in [-0.39, 0.29) is 11.8 Å². The standard InChI is InChI=1S/C9H15NO/c1-7-5-3-4-6-8(7)9(11)10-2/h5,8H,3-4,6H2,1-2H3,(H,10,11). The number of hydrogen-bond acceptors (Lipinski definition) is 1. The predicted octanol–water partition coefficient (Wildman–Crippen LogP) is 1.48. The van der Waals surface area contributed by atoms with Gasteiger partial charge in [0.25, 0.3) is 0 Å². The van der Waals surface area contributed by atoms with Gasteiger partial charge in [0.15, 0.2) is 0 Å². The summed E-state index contributed by atoms with van der Waals surface area (Å²) in [5.74, 6) is 0.312. The van der Waals surface area contributed by atoms with Crippen molar-refractivity contribution in [1.29, 1.82) is 0 Å². The zero-order valence-electron chi connectivity index (χ0n) is 7.18. The molecule has 0 radical (unpaired) electrons. The maximum atomic E-state index is 11.2. The number of carbonyl (C=O) groups is 1. The van der Waals surface area contributed by atoms with Gasteiger partial charge < -0.3 is 5.32 Å². The molecule has 0 fully saturated rings. The number of nitrogens with one attached hydrogen (secondary N) is 1. The second-order valence-corrected chi connectivity index (χ2v) is 3.05. The molecule has 11 heavy (non-hydrogen) atoms. The first-order chi connectivity index (χ1) is 5.25. The van der Waals surface area contributed by atoms with Crippen molar-refractivity contribution in [3.05, 3.63) is 11.6 Å². The second kappa shape index (κ2) is 3.56. The molecule has 1 rings (SSSR count). The Morgan fingerprint density at radius 3 is 3.00 bits per heavy atom. The molecule has 0 aromatic rings. The van der Waals surface area contributed by atoms with Crippen LogP contribution in [0.1, 0.15) is 26.2 Å². The lowest BCUT2D eigenvalue weighted by atomic mass is 9.88. The third-order valence-electron chi connectivity index (χ3n) is 2.28. The van der Waals surface area contributed by atoms with Crippen molar-refractivity contribution in [2.45, 2.75) is 26.2 Å². The van der Waals surface area contributed by atoms with Crippen LogP contribution >= 0.6 is 0 Å². The molecule has 1 aliphatic rings. The van der Waals surface area contributed by atoms with E-state index in [1.165, 1.54) is 5.57 Å². The molecular weight excluding hydrogens is 138 g/mol. The van der Waals surface area contributed by atoms with Gasteiger partial charge in [0.2, 0.25) is 5.91 Å². The van der Waals surface area contributed by atoms with Crippen molar-refractivity contribution in [1.82, 2.24) is 5.32 Å². The van der Waals surface area contributed by atoms with Gasteiger partial charge in [-0.15, -0.1) is 0 Å². The van der Waals surface area contributed by atoms with Crippen LogP contribution in [0.5, 0.6) is 0 Å². The van der Waals surface area contributed by atoms with Crippen LogP contribution in [0.15, 0.2) is 11.6 Å². The summed E-state index contributed by atoms with van der Waals surface area (Å²) < 4.78 is 0. The van der Waals surface area contributed by atoms with Crippen LogP contribution in [0.25, 0.3) is 0 Å². The maximum Gasteiger partial charge on any atom is 0.226 e. The summed E-state index contributed by atoms with van der Waals surface area (Å²) in [4.78, 5) is 11.2. The molecule has 1 N–H and O–H groups in total. The first kappa shape index (κ1) is 8.31. The number of amides is 1. The molecule has 0 bridgehead atoms. The van der Waals surface area contributed by atoms with E-state index < -0.39 is 0 Å². The molecule has 0 aromatic carbocycles. The highest BCUT2D eigenvalue weighted by atomic mass is 16.1. The van der Waals surface area contributed by atoms with Crippen LogP contribution in [0.4, 0.5) is 0 Å². The Kier molecular flexibility index (Phi) is 2.69. The SMILES string of the molecule is CNC(=O)C1CCCC=C1C. The molecule has 1 atom stereocenters. The lowest BCUT2D eigenvalue weighted by Crippen LogP contribution is -2.29.